The number of piperazine rings is 1. The molecule has 0 bridgehead atoms. The number of amides is 2. The molecule has 1 atom stereocenters. The molecule has 1 aromatic carbocycles. The first-order chi connectivity index (χ1) is 11.4. The van der Waals surface area contributed by atoms with Crippen LogP contribution in [-0.4, -0.2) is 67.9 Å². The minimum atomic E-state index is -3.71. The van der Waals surface area contributed by atoms with Gasteiger partial charge in [-0.05, 0) is 18.6 Å². The van der Waals surface area contributed by atoms with Gasteiger partial charge in [0.15, 0.2) is 0 Å². The van der Waals surface area contributed by atoms with Gasteiger partial charge in [-0.1, -0.05) is 18.2 Å². The topological polar surface area (TPSA) is 78.0 Å². The maximum absolute atomic E-state index is 12.7. The molecule has 130 valence electrons. The number of anilines is 1. The number of benzene rings is 1. The molecule has 0 saturated carbocycles. The summed E-state index contributed by atoms with van der Waals surface area (Å²) in [7, 11) is -3.71. The van der Waals surface area contributed by atoms with Gasteiger partial charge in [-0.3, -0.25) is 9.59 Å². The molecule has 0 N–H and O–H groups in total. The van der Waals surface area contributed by atoms with E-state index < -0.39 is 22.0 Å². The largest absolute Gasteiger partial charge is 0.368 e. The van der Waals surface area contributed by atoms with Crippen molar-refractivity contribution in [2.45, 2.75) is 18.9 Å². The fourth-order valence-electron chi connectivity index (χ4n) is 3.34. The summed E-state index contributed by atoms with van der Waals surface area (Å²) in [5, 5.41) is 0. The highest BCUT2D eigenvalue weighted by molar-refractivity contribution is 7.89. The van der Waals surface area contributed by atoms with Crippen molar-refractivity contribution in [2.24, 2.45) is 0 Å². The Hall–Kier alpha value is -2.09. The minimum absolute atomic E-state index is 0.105. The van der Waals surface area contributed by atoms with Gasteiger partial charge in [0.25, 0.3) is 0 Å². The van der Waals surface area contributed by atoms with Crippen LogP contribution in [0.25, 0.3) is 0 Å². The van der Waals surface area contributed by atoms with E-state index in [0.717, 1.165) is 16.2 Å². The molecular formula is C16H21N3O4S. The molecule has 7 nitrogen and oxygen atoms in total. The van der Waals surface area contributed by atoms with Crippen LogP contribution in [0.3, 0.4) is 0 Å². The highest BCUT2D eigenvalue weighted by Gasteiger charge is 2.43. The van der Waals surface area contributed by atoms with E-state index >= 15 is 0 Å². The van der Waals surface area contributed by atoms with Gasteiger partial charge < -0.3 is 9.80 Å². The Bertz CT molecular complexity index is 727. The van der Waals surface area contributed by atoms with Crippen LogP contribution < -0.4 is 4.90 Å². The van der Waals surface area contributed by atoms with Crippen molar-refractivity contribution in [3.8, 4) is 0 Å². The van der Waals surface area contributed by atoms with Gasteiger partial charge in [-0.15, -0.1) is 0 Å². The molecule has 3 rings (SSSR count). The van der Waals surface area contributed by atoms with Crippen molar-refractivity contribution in [1.29, 1.82) is 0 Å². The molecule has 2 heterocycles. The highest BCUT2D eigenvalue weighted by atomic mass is 32.2. The van der Waals surface area contributed by atoms with Crippen molar-refractivity contribution in [1.82, 2.24) is 9.21 Å². The minimum Gasteiger partial charge on any atom is -0.368 e. The summed E-state index contributed by atoms with van der Waals surface area (Å²) in [5.74, 6) is -0.752. The predicted octanol–water partition coefficient (Wildman–Crippen LogP) is 0.286. The second-order valence-electron chi connectivity index (χ2n) is 6.15. The number of nitrogens with zero attached hydrogens (tertiary/aromatic N) is 3. The Balaban J connectivity index is 1.66. The zero-order valence-electron chi connectivity index (χ0n) is 13.6. The molecule has 0 aliphatic carbocycles. The first kappa shape index (κ1) is 16.8. The number of hydrogen-bond donors (Lipinski definition) is 0. The molecule has 0 radical (unpaired) electrons. The lowest BCUT2D eigenvalue weighted by Gasteiger charge is -2.38. The van der Waals surface area contributed by atoms with Crippen LogP contribution in [0.2, 0.25) is 0 Å². The normalized spacial score (nSPS) is 22.1. The van der Waals surface area contributed by atoms with Crippen molar-refractivity contribution in [3.05, 3.63) is 30.3 Å². The van der Waals surface area contributed by atoms with Gasteiger partial charge in [0.1, 0.15) is 6.04 Å². The third kappa shape index (κ3) is 3.24. The average Bonchev–Trinajstić information content (AvgIpc) is 2.97. The van der Waals surface area contributed by atoms with Crippen LogP contribution in [0.15, 0.2) is 30.3 Å². The number of sulfonamides is 1. The van der Waals surface area contributed by atoms with Gasteiger partial charge in [-0.25, -0.2) is 12.7 Å². The SMILES string of the molecule is CS(=O)(=O)N1C(=O)CCC1C(=O)N1CCN(c2ccccc2)CC1. The van der Waals surface area contributed by atoms with Gasteiger partial charge in [0.2, 0.25) is 21.8 Å². The second kappa shape index (κ2) is 6.43. The monoisotopic (exact) mass is 351 g/mol. The molecular weight excluding hydrogens is 330 g/mol. The summed E-state index contributed by atoms with van der Waals surface area (Å²) in [5.41, 5.74) is 1.11. The summed E-state index contributed by atoms with van der Waals surface area (Å²) >= 11 is 0. The number of hydrogen-bond acceptors (Lipinski definition) is 5. The van der Waals surface area contributed by atoms with Crippen molar-refractivity contribution >= 4 is 27.5 Å². The maximum Gasteiger partial charge on any atom is 0.246 e. The average molecular weight is 351 g/mol. The first-order valence-electron chi connectivity index (χ1n) is 7.99. The van der Waals surface area contributed by atoms with E-state index in [0.29, 0.717) is 26.2 Å². The quantitative estimate of drug-likeness (QED) is 0.782. The van der Waals surface area contributed by atoms with E-state index in [9.17, 15) is 18.0 Å². The Labute approximate surface area is 141 Å². The Morgan fingerprint density at radius 3 is 2.29 bits per heavy atom. The fourth-order valence-corrected chi connectivity index (χ4v) is 4.45. The summed E-state index contributed by atoms with van der Waals surface area (Å²) in [6.07, 6.45) is 1.35. The molecule has 2 aliphatic heterocycles. The Kier molecular flexibility index (Phi) is 4.49. The lowest BCUT2D eigenvalue weighted by atomic mass is 10.1. The summed E-state index contributed by atoms with van der Waals surface area (Å²) < 4.78 is 24.4. The Morgan fingerprint density at radius 2 is 1.71 bits per heavy atom. The van der Waals surface area contributed by atoms with Crippen molar-refractivity contribution < 1.29 is 18.0 Å². The molecule has 1 unspecified atom stereocenters. The second-order valence-corrected chi connectivity index (χ2v) is 8.01. The van der Waals surface area contributed by atoms with E-state index in [-0.39, 0.29) is 18.7 Å². The smallest absolute Gasteiger partial charge is 0.246 e. The molecule has 8 heteroatoms. The van der Waals surface area contributed by atoms with Crippen LogP contribution >= 0.6 is 0 Å². The molecule has 0 aromatic heterocycles. The fraction of sp³-hybridized carbons (Fsp3) is 0.500. The van der Waals surface area contributed by atoms with Crippen LogP contribution in [0.4, 0.5) is 5.69 Å². The number of carbonyl (C=O) groups excluding carboxylic acids is 2. The first-order valence-corrected chi connectivity index (χ1v) is 9.84. The van der Waals surface area contributed by atoms with Crippen LogP contribution in [0, 0.1) is 0 Å². The summed E-state index contributed by atoms with van der Waals surface area (Å²) in [6.45, 7) is 2.43. The van der Waals surface area contributed by atoms with Gasteiger partial charge in [-0.2, -0.15) is 0 Å². The summed E-state index contributed by atoms with van der Waals surface area (Å²) in [4.78, 5) is 28.4. The van der Waals surface area contributed by atoms with E-state index in [4.69, 9.17) is 0 Å². The third-order valence-electron chi connectivity index (χ3n) is 4.52. The van der Waals surface area contributed by atoms with Crippen molar-refractivity contribution in [2.75, 3.05) is 37.3 Å². The third-order valence-corrected chi connectivity index (χ3v) is 5.69. The molecule has 2 aliphatic rings. The lowest BCUT2D eigenvalue weighted by Crippen LogP contribution is -2.54. The number of rotatable bonds is 3. The highest BCUT2D eigenvalue weighted by Crippen LogP contribution is 2.24. The molecule has 0 spiro atoms. The maximum atomic E-state index is 12.7. The van der Waals surface area contributed by atoms with Crippen LogP contribution in [0.5, 0.6) is 0 Å². The van der Waals surface area contributed by atoms with Gasteiger partial charge in [0.05, 0.1) is 6.26 Å². The van der Waals surface area contributed by atoms with Gasteiger partial charge >= 0.3 is 0 Å². The van der Waals surface area contributed by atoms with Crippen LogP contribution in [-0.2, 0) is 19.6 Å². The molecule has 24 heavy (non-hydrogen) atoms. The Morgan fingerprint density at radius 1 is 1.08 bits per heavy atom. The van der Waals surface area contributed by atoms with E-state index in [2.05, 4.69) is 4.90 Å². The number of carbonyl (C=O) groups is 2. The molecule has 2 saturated heterocycles. The predicted molar refractivity (Wildman–Crippen MR) is 89.9 cm³/mol. The zero-order valence-corrected chi connectivity index (χ0v) is 14.4. The zero-order chi connectivity index (χ0) is 17.3. The van der Waals surface area contributed by atoms with Gasteiger partial charge in [0, 0.05) is 38.3 Å². The molecule has 2 amide bonds. The standard InChI is InChI=1S/C16H21N3O4S/c1-24(22,23)19-14(7-8-15(19)20)16(21)18-11-9-17(10-12-18)13-5-3-2-4-6-13/h2-6,14H,7-12H2,1H3. The lowest BCUT2D eigenvalue weighted by molar-refractivity contribution is -0.138. The van der Waals surface area contributed by atoms with Crippen LogP contribution in [0.1, 0.15) is 12.8 Å². The van der Waals surface area contributed by atoms with E-state index in [1.54, 1.807) is 4.90 Å². The molecule has 1 aromatic rings. The number of para-hydroxylation sites is 1. The van der Waals surface area contributed by atoms with Crippen molar-refractivity contribution in [3.63, 3.8) is 0 Å². The van der Waals surface area contributed by atoms with E-state index in [1.165, 1.54) is 0 Å². The van der Waals surface area contributed by atoms with E-state index in [1.807, 2.05) is 30.3 Å². The summed E-state index contributed by atoms with van der Waals surface area (Å²) in [6, 6.07) is 9.08. The molecule has 2 fully saturated rings.